The number of rotatable bonds is 3. The number of aryl methyl sites for hydroxylation is 1. The van der Waals surface area contributed by atoms with Gasteiger partial charge >= 0.3 is 0 Å². The van der Waals surface area contributed by atoms with Crippen molar-refractivity contribution in [3.05, 3.63) is 29.3 Å². The Morgan fingerprint density at radius 2 is 2.07 bits per heavy atom. The van der Waals surface area contributed by atoms with Crippen molar-refractivity contribution in [2.45, 2.75) is 19.0 Å². The monoisotopic (exact) mass is 206 g/mol. The average Bonchev–Trinajstić information content (AvgIpc) is 2.30. The van der Waals surface area contributed by atoms with E-state index in [1.165, 1.54) is 11.1 Å². The van der Waals surface area contributed by atoms with Crippen molar-refractivity contribution in [1.29, 1.82) is 0 Å². The molecule has 1 aromatic carbocycles. The Morgan fingerprint density at radius 3 is 2.80 bits per heavy atom. The molecule has 0 aromatic heterocycles. The minimum Gasteiger partial charge on any atom is -0.493 e. The summed E-state index contributed by atoms with van der Waals surface area (Å²) in [7, 11) is 3.91. The van der Waals surface area contributed by atoms with Gasteiger partial charge in [0, 0.05) is 0 Å². The summed E-state index contributed by atoms with van der Waals surface area (Å²) >= 11 is 0. The summed E-state index contributed by atoms with van der Waals surface area (Å²) < 4.78 is 5.58. The Kier molecular flexibility index (Phi) is 3.23. The van der Waals surface area contributed by atoms with Gasteiger partial charge in [0.05, 0.1) is 12.8 Å². The Labute approximate surface area is 90.8 Å². The summed E-state index contributed by atoms with van der Waals surface area (Å²) in [5.41, 5.74) is 2.60. The van der Waals surface area contributed by atoms with Gasteiger partial charge in [0.15, 0.2) is 0 Å². The third-order valence-corrected chi connectivity index (χ3v) is 2.84. The predicted molar refractivity (Wildman–Crippen MR) is 61.1 cm³/mol. The first kappa shape index (κ1) is 10.5. The smallest absolute Gasteiger partial charge is 0.122 e. The number of hydrogen-bond acceptors (Lipinski definition) is 3. The van der Waals surface area contributed by atoms with Gasteiger partial charge in [-0.3, -0.25) is 0 Å². The highest BCUT2D eigenvalue weighted by Crippen LogP contribution is 2.27. The molecule has 0 amide bonds. The molecular weight excluding hydrogens is 188 g/mol. The SMILES string of the molecule is CNC(NC)c1ccc2c(c1)CCCO2. The fourth-order valence-electron chi connectivity index (χ4n) is 2.04. The van der Waals surface area contributed by atoms with Crippen LogP contribution in [0.5, 0.6) is 5.75 Å². The van der Waals surface area contributed by atoms with Gasteiger partial charge in [-0.25, -0.2) is 0 Å². The normalized spacial score (nSPS) is 14.9. The van der Waals surface area contributed by atoms with Crippen molar-refractivity contribution in [2.24, 2.45) is 0 Å². The van der Waals surface area contributed by atoms with Crippen LogP contribution in [0.25, 0.3) is 0 Å². The molecule has 2 N–H and O–H groups in total. The molecule has 0 saturated carbocycles. The number of fused-ring (bicyclic) bond motifs is 1. The maximum absolute atomic E-state index is 5.58. The highest BCUT2D eigenvalue weighted by molar-refractivity contribution is 5.39. The molecule has 2 rings (SSSR count). The molecule has 0 atom stereocenters. The third-order valence-electron chi connectivity index (χ3n) is 2.84. The number of hydrogen-bond donors (Lipinski definition) is 2. The van der Waals surface area contributed by atoms with Crippen LogP contribution in [0.3, 0.4) is 0 Å². The Bertz CT molecular complexity index is 334. The third kappa shape index (κ3) is 2.13. The fraction of sp³-hybridized carbons (Fsp3) is 0.500. The van der Waals surface area contributed by atoms with Crippen LogP contribution in [0.4, 0.5) is 0 Å². The average molecular weight is 206 g/mol. The topological polar surface area (TPSA) is 33.3 Å². The first-order valence-electron chi connectivity index (χ1n) is 5.45. The van der Waals surface area contributed by atoms with Crippen LogP contribution in [0.15, 0.2) is 18.2 Å². The molecule has 15 heavy (non-hydrogen) atoms. The van der Waals surface area contributed by atoms with Crippen LogP contribution in [0.2, 0.25) is 0 Å². The van der Waals surface area contributed by atoms with Crippen LogP contribution in [-0.4, -0.2) is 20.7 Å². The molecule has 0 aliphatic carbocycles. The van der Waals surface area contributed by atoms with Crippen LogP contribution < -0.4 is 15.4 Å². The molecule has 0 radical (unpaired) electrons. The largest absolute Gasteiger partial charge is 0.493 e. The van der Waals surface area contributed by atoms with E-state index in [0.29, 0.717) is 0 Å². The first-order chi connectivity index (χ1) is 7.35. The van der Waals surface area contributed by atoms with E-state index < -0.39 is 0 Å². The summed E-state index contributed by atoms with van der Waals surface area (Å²) in [5.74, 6) is 1.05. The molecule has 0 fully saturated rings. The minimum atomic E-state index is 0.220. The summed E-state index contributed by atoms with van der Waals surface area (Å²) in [6.07, 6.45) is 2.47. The van der Waals surface area contributed by atoms with Gasteiger partial charge < -0.3 is 15.4 Å². The number of ether oxygens (including phenoxy) is 1. The molecule has 1 aliphatic rings. The molecule has 82 valence electrons. The maximum atomic E-state index is 5.58. The molecule has 3 nitrogen and oxygen atoms in total. The lowest BCUT2D eigenvalue weighted by Crippen LogP contribution is -2.28. The molecular formula is C12H18N2O. The zero-order valence-electron chi connectivity index (χ0n) is 9.34. The van der Waals surface area contributed by atoms with Gasteiger partial charge in [-0.2, -0.15) is 0 Å². The van der Waals surface area contributed by atoms with Gasteiger partial charge in [-0.05, 0) is 50.2 Å². The van der Waals surface area contributed by atoms with Crippen LogP contribution in [0, 0.1) is 0 Å². The Balaban J connectivity index is 2.27. The minimum absolute atomic E-state index is 0.220. The van der Waals surface area contributed by atoms with E-state index in [1.807, 2.05) is 14.1 Å². The van der Waals surface area contributed by atoms with Gasteiger partial charge in [0.25, 0.3) is 0 Å². The quantitative estimate of drug-likeness (QED) is 0.734. The van der Waals surface area contributed by atoms with Crippen molar-refractivity contribution in [3.63, 3.8) is 0 Å². The summed E-state index contributed by atoms with van der Waals surface area (Å²) in [6.45, 7) is 0.855. The number of benzene rings is 1. The van der Waals surface area contributed by atoms with E-state index in [1.54, 1.807) is 0 Å². The van der Waals surface area contributed by atoms with E-state index >= 15 is 0 Å². The van der Waals surface area contributed by atoms with Crippen molar-refractivity contribution in [2.75, 3.05) is 20.7 Å². The molecule has 0 spiro atoms. The van der Waals surface area contributed by atoms with Gasteiger partial charge in [-0.15, -0.1) is 0 Å². The van der Waals surface area contributed by atoms with E-state index in [4.69, 9.17) is 4.74 Å². The maximum Gasteiger partial charge on any atom is 0.122 e. The van der Waals surface area contributed by atoms with E-state index in [2.05, 4.69) is 28.8 Å². The lowest BCUT2D eigenvalue weighted by molar-refractivity contribution is 0.288. The number of nitrogens with one attached hydrogen (secondary N) is 2. The second-order valence-corrected chi connectivity index (χ2v) is 3.83. The zero-order chi connectivity index (χ0) is 10.7. The van der Waals surface area contributed by atoms with Crippen molar-refractivity contribution < 1.29 is 4.74 Å². The molecule has 0 saturated heterocycles. The van der Waals surface area contributed by atoms with Gasteiger partial charge in [-0.1, -0.05) is 6.07 Å². The summed E-state index contributed by atoms with van der Waals surface area (Å²) in [5, 5.41) is 6.45. The summed E-state index contributed by atoms with van der Waals surface area (Å²) in [6, 6.07) is 6.42. The van der Waals surface area contributed by atoms with E-state index in [0.717, 1.165) is 25.2 Å². The lowest BCUT2D eigenvalue weighted by atomic mass is 10.0. The second kappa shape index (κ2) is 4.64. The van der Waals surface area contributed by atoms with Crippen LogP contribution in [-0.2, 0) is 6.42 Å². The van der Waals surface area contributed by atoms with Crippen molar-refractivity contribution in [1.82, 2.24) is 10.6 Å². The summed E-state index contributed by atoms with van der Waals surface area (Å²) in [4.78, 5) is 0. The van der Waals surface area contributed by atoms with Crippen molar-refractivity contribution >= 4 is 0 Å². The molecule has 1 aliphatic heterocycles. The predicted octanol–water partition coefficient (Wildman–Crippen LogP) is 1.45. The molecule has 1 heterocycles. The highest BCUT2D eigenvalue weighted by atomic mass is 16.5. The molecule has 3 heteroatoms. The van der Waals surface area contributed by atoms with Gasteiger partial charge in [0.1, 0.15) is 5.75 Å². The molecule has 0 unspecified atom stereocenters. The molecule has 1 aromatic rings. The standard InChI is InChI=1S/C12H18N2O/c1-13-12(14-2)10-5-6-11-9(8-10)4-3-7-15-11/h5-6,8,12-14H,3-4,7H2,1-2H3. The Morgan fingerprint density at radius 1 is 1.27 bits per heavy atom. The second-order valence-electron chi connectivity index (χ2n) is 3.83. The Hall–Kier alpha value is -1.06. The fourth-order valence-corrected chi connectivity index (χ4v) is 2.04. The molecule has 0 bridgehead atoms. The zero-order valence-corrected chi connectivity index (χ0v) is 9.34. The first-order valence-corrected chi connectivity index (χ1v) is 5.45. The van der Waals surface area contributed by atoms with Gasteiger partial charge in [0.2, 0.25) is 0 Å². The van der Waals surface area contributed by atoms with E-state index in [9.17, 15) is 0 Å². The van der Waals surface area contributed by atoms with Crippen molar-refractivity contribution in [3.8, 4) is 5.75 Å². The lowest BCUT2D eigenvalue weighted by Gasteiger charge is -2.21. The van der Waals surface area contributed by atoms with Crippen LogP contribution in [0.1, 0.15) is 23.7 Å². The highest BCUT2D eigenvalue weighted by Gasteiger charge is 2.13. The van der Waals surface area contributed by atoms with E-state index in [-0.39, 0.29) is 6.17 Å². The van der Waals surface area contributed by atoms with Crippen LogP contribution >= 0.6 is 0 Å².